The smallest absolute Gasteiger partial charge is 0.140 e. The van der Waals surface area contributed by atoms with Crippen LogP contribution in [0.4, 0.5) is 0 Å². The Bertz CT molecular complexity index is 354. The van der Waals surface area contributed by atoms with Crippen LogP contribution in [0.15, 0.2) is 5.38 Å². The summed E-state index contributed by atoms with van der Waals surface area (Å²) in [6.07, 6.45) is 0. The van der Waals surface area contributed by atoms with Crippen LogP contribution in [-0.4, -0.2) is 4.98 Å². The summed E-state index contributed by atoms with van der Waals surface area (Å²) >= 11 is 7.63. The summed E-state index contributed by atoms with van der Waals surface area (Å²) in [7, 11) is 0. The Labute approximate surface area is 108 Å². The lowest BCUT2D eigenvalue weighted by atomic mass is 9.55. The van der Waals surface area contributed by atoms with Gasteiger partial charge in [-0.3, -0.25) is 0 Å². The van der Waals surface area contributed by atoms with Crippen molar-refractivity contribution in [1.29, 1.82) is 0 Å². The molecule has 0 bridgehead atoms. The quantitative estimate of drug-likeness (QED) is 0.680. The molecule has 3 heteroatoms. The van der Waals surface area contributed by atoms with Gasteiger partial charge in [-0.15, -0.1) is 11.3 Å². The van der Waals surface area contributed by atoms with Crippen LogP contribution < -0.4 is 0 Å². The van der Waals surface area contributed by atoms with Crippen molar-refractivity contribution >= 4 is 22.9 Å². The molecule has 0 aliphatic carbocycles. The highest BCUT2D eigenvalue weighted by molar-refractivity contribution is 7.10. The van der Waals surface area contributed by atoms with Crippen LogP contribution in [-0.2, 0) is 5.41 Å². The van der Waals surface area contributed by atoms with Crippen molar-refractivity contribution in [2.75, 3.05) is 0 Å². The maximum Gasteiger partial charge on any atom is 0.140 e. The maximum absolute atomic E-state index is 5.97. The number of aromatic nitrogens is 1. The Morgan fingerprint density at radius 1 is 1.00 bits per heavy atom. The zero-order valence-electron chi connectivity index (χ0n) is 11.3. The molecule has 1 aromatic heterocycles. The van der Waals surface area contributed by atoms with Gasteiger partial charge in [-0.05, 0) is 10.8 Å². The zero-order valence-corrected chi connectivity index (χ0v) is 12.9. The highest BCUT2D eigenvalue weighted by atomic mass is 35.5. The van der Waals surface area contributed by atoms with Crippen molar-refractivity contribution in [3.05, 3.63) is 15.5 Å². The van der Waals surface area contributed by atoms with Crippen LogP contribution in [0, 0.1) is 10.8 Å². The highest BCUT2D eigenvalue weighted by Gasteiger charge is 2.49. The number of halogens is 1. The summed E-state index contributed by atoms with van der Waals surface area (Å²) in [5, 5.41) is 3.67. The number of hydrogen-bond acceptors (Lipinski definition) is 2. The minimum Gasteiger partial charge on any atom is -0.229 e. The van der Waals surface area contributed by atoms with E-state index in [1.54, 1.807) is 11.3 Å². The largest absolute Gasteiger partial charge is 0.229 e. The first-order chi connectivity index (χ1) is 7.00. The number of hydrogen-bond donors (Lipinski definition) is 0. The van der Waals surface area contributed by atoms with Crippen LogP contribution in [0.2, 0.25) is 5.15 Å². The Morgan fingerprint density at radius 3 is 1.69 bits per heavy atom. The molecule has 92 valence electrons. The van der Waals surface area contributed by atoms with Gasteiger partial charge in [0.2, 0.25) is 0 Å². The third kappa shape index (κ3) is 2.14. The first-order valence-corrected chi connectivity index (χ1v) is 6.87. The topological polar surface area (TPSA) is 12.9 Å². The van der Waals surface area contributed by atoms with E-state index in [1.807, 2.05) is 5.38 Å². The molecule has 16 heavy (non-hydrogen) atoms. The number of rotatable bonds is 1. The summed E-state index contributed by atoms with van der Waals surface area (Å²) in [5.74, 6) is 0. The molecule has 1 aromatic rings. The van der Waals surface area contributed by atoms with Gasteiger partial charge in [0.1, 0.15) is 10.2 Å². The summed E-state index contributed by atoms with van der Waals surface area (Å²) in [6, 6.07) is 0. The standard InChI is InChI=1S/C13H22ClNS/c1-11(2,3)13(7,12(4,5)6)10-15-9(14)8-16-10/h8H,1-7H3. The predicted octanol–water partition coefficient (Wildman–Crippen LogP) is 5.15. The SMILES string of the molecule is CC(C)(C)C(C)(c1nc(Cl)cs1)C(C)(C)C. The Balaban J connectivity index is 3.38. The number of thiazole rings is 1. The van der Waals surface area contributed by atoms with Crippen molar-refractivity contribution in [2.45, 2.75) is 53.9 Å². The lowest BCUT2D eigenvalue weighted by Gasteiger charge is -2.50. The van der Waals surface area contributed by atoms with Gasteiger partial charge in [0.15, 0.2) is 0 Å². The molecule has 1 nitrogen and oxygen atoms in total. The van der Waals surface area contributed by atoms with Crippen molar-refractivity contribution in [1.82, 2.24) is 4.98 Å². The van der Waals surface area contributed by atoms with E-state index in [9.17, 15) is 0 Å². The Kier molecular flexibility index (Phi) is 3.49. The van der Waals surface area contributed by atoms with Crippen molar-refractivity contribution in [3.8, 4) is 0 Å². The average Bonchev–Trinajstić information content (AvgIpc) is 2.46. The fraction of sp³-hybridized carbons (Fsp3) is 0.769. The molecule has 0 radical (unpaired) electrons. The molecule has 0 saturated carbocycles. The van der Waals surface area contributed by atoms with Gasteiger partial charge in [-0.1, -0.05) is 60.1 Å². The lowest BCUT2D eigenvalue weighted by molar-refractivity contribution is 0.0692. The molecule has 0 saturated heterocycles. The molecular formula is C13H22ClNS. The lowest BCUT2D eigenvalue weighted by Crippen LogP contribution is -2.47. The normalized spacial score (nSPS) is 14.2. The fourth-order valence-corrected chi connectivity index (χ4v) is 3.78. The minimum absolute atomic E-state index is 0.0117. The monoisotopic (exact) mass is 259 g/mol. The van der Waals surface area contributed by atoms with Gasteiger partial charge in [0.25, 0.3) is 0 Å². The van der Waals surface area contributed by atoms with E-state index in [-0.39, 0.29) is 16.2 Å². The third-order valence-corrected chi connectivity index (χ3v) is 5.29. The molecule has 0 atom stereocenters. The zero-order chi connectivity index (χ0) is 12.8. The second-order valence-corrected chi connectivity index (χ2v) is 7.85. The Morgan fingerprint density at radius 2 is 1.44 bits per heavy atom. The van der Waals surface area contributed by atoms with Crippen LogP contribution in [0.3, 0.4) is 0 Å². The summed E-state index contributed by atoms with van der Waals surface area (Å²) in [5.41, 5.74) is 0.302. The van der Waals surface area contributed by atoms with Crippen molar-refractivity contribution in [2.24, 2.45) is 10.8 Å². The second-order valence-electron chi connectivity index (χ2n) is 6.60. The molecule has 0 aromatic carbocycles. The van der Waals surface area contributed by atoms with Crippen molar-refractivity contribution < 1.29 is 0 Å². The van der Waals surface area contributed by atoms with Crippen LogP contribution >= 0.6 is 22.9 Å². The van der Waals surface area contributed by atoms with Crippen molar-refractivity contribution in [3.63, 3.8) is 0 Å². The van der Waals surface area contributed by atoms with Crippen LogP contribution in [0.25, 0.3) is 0 Å². The molecule has 0 amide bonds. The molecule has 1 heterocycles. The van der Waals surface area contributed by atoms with Gasteiger partial charge in [-0.2, -0.15) is 0 Å². The average molecular weight is 260 g/mol. The first-order valence-electron chi connectivity index (χ1n) is 5.61. The summed E-state index contributed by atoms with van der Waals surface area (Å²) < 4.78 is 0. The Hall–Kier alpha value is -0.0800. The summed E-state index contributed by atoms with van der Waals surface area (Å²) in [6.45, 7) is 15.9. The number of nitrogens with zero attached hydrogens (tertiary/aromatic N) is 1. The van der Waals surface area contributed by atoms with E-state index in [2.05, 4.69) is 53.5 Å². The van der Waals surface area contributed by atoms with E-state index in [1.165, 1.54) is 0 Å². The first kappa shape index (κ1) is 14.0. The van der Waals surface area contributed by atoms with Gasteiger partial charge >= 0.3 is 0 Å². The second kappa shape index (κ2) is 3.99. The van der Waals surface area contributed by atoms with Gasteiger partial charge in [-0.25, -0.2) is 4.98 Å². The van der Waals surface area contributed by atoms with Gasteiger partial charge in [0.05, 0.1) is 0 Å². The van der Waals surface area contributed by atoms with E-state index in [0.717, 1.165) is 5.01 Å². The fourth-order valence-electron chi connectivity index (χ4n) is 2.25. The maximum atomic E-state index is 5.97. The van der Waals surface area contributed by atoms with E-state index >= 15 is 0 Å². The van der Waals surface area contributed by atoms with E-state index in [4.69, 9.17) is 11.6 Å². The predicted molar refractivity (Wildman–Crippen MR) is 73.4 cm³/mol. The molecule has 0 unspecified atom stereocenters. The molecule has 0 fully saturated rings. The van der Waals surface area contributed by atoms with Crippen LogP contribution in [0.5, 0.6) is 0 Å². The molecule has 1 rings (SSSR count). The molecule has 0 spiro atoms. The van der Waals surface area contributed by atoms with E-state index in [0.29, 0.717) is 5.15 Å². The van der Waals surface area contributed by atoms with Gasteiger partial charge < -0.3 is 0 Å². The molecule has 0 N–H and O–H groups in total. The third-order valence-electron chi connectivity index (χ3n) is 3.90. The highest BCUT2D eigenvalue weighted by Crippen LogP contribution is 2.53. The minimum atomic E-state index is 0.0117. The van der Waals surface area contributed by atoms with Crippen LogP contribution in [0.1, 0.15) is 53.5 Å². The molecule has 0 aliphatic heterocycles. The molecular weight excluding hydrogens is 238 g/mol. The summed E-state index contributed by atoms with van der Waals surface area (Å²) in [4.78, 5) is 4.50. The van der Waals surface area contributed by atoms with Gasteiger partial charge in [0, 0.05) is 10.8 Å². The van der Waals surface area contributed by atoms with E-state index < -0.39 is 0 Å². The molecule has 0 aliphatic rings.